The number of likely N-dealkylation sites (tertiary alicyclic amines) is 1. The van der Waals surface area contributed by atoms with E-state index in [1.54, 1.807) is 4.90 Å². The van der Waals surface area contributed by atoms with Crippen LogP contribution >= 0.6 is 11.6 Å². The minimum Gasteiger partial charge on any atom is -0.450 e. The predicted molar refractivity (Wildman–Crippen MR) is 74.8 cm³/mol. The molecule has 19 heavy (non-hydrogen) atoms. The summed E-state index contributed by atoms with van der Waals surface area (Å²) in [5, 5.41) is 4.26. The van der Waals surface area contributed by atoms with Gasteiger partial charge in [0, 0.05) is 35.8 Å². The number of ether oxygens (including phenoxy) is 1. The summed E-state index contributed by atoms with van der Waals surface area (Å²) in [6, 6.07) is 6.32. The minimum atomic E-state index is -0.212. The smallest absolute Gasteiger partial charge is 0.409 e. The van der Waals surface area contributed by atoms with Gasteiger partial charge < -0.3 is 15.0 Å². The van der Waals surface area contributed by atoms with Crippen LogP contribution in [-0.4, -0.2) is 36.7 Å². The molecule has 0 radical (unpaired) electrons. The minimum absolute atomic E-state index is 0.212. The fraction of sp³-hybridized carbons (Fsp3) is 0.500. The van der Waals surface area contributed by atoms with Gasteiger partial charge in [0.25, 0.3) is 0 Å². The van der Waals surface area contributed by atoms with E-state index < -0.39 is 0 Å². The SMILES string of the molecule is CCOC(=O)N1CC[C@H]2Nc3ccc(Cl)cc3[C@H]2C1. The van der Waals surface area contributed by atoms with Crippen LogP contribution in [0.25, 0.3) is 0 Å². The van der Waals surface area contributed by atoms with Crippen molar-refractivity contribution in [1.82, 2.24) is 4.90 Å². The molecule has 2 atom stereocenters. The normalized spacial score (nSPS) is 24.4. The number of rotatable bonds is 1. The summed E-state index contributed by atoms with van der Waals surface area (Å²) in [6.45, 7) is 3.69. The Bertz CT molecular complexity index is 506. The third-order valence-electron chi connectivity index (χ3n) is 3.89. The molecule has 0 unspecified atom stereocenters. The van der Waals surface area contributed by atoms with Gasteiger partial charge in [0.15, 0.2) is 0 Å². The molecule has 4 nitrogen and oxygen atoms in total. The Labute approximate surface area is 117 Å². The Balaban J connectivity index is 1.80. The number of nitrogens with one attached hydrogen (secondary N) is 1. The Morgan fingerprint density at radius 3 is 3.21 bits per heavy atom. The molecular formula is C14H17ClN2O2. The van der Waals surface area contributed by atoms with Crippen molar-refractivity contribution in [2.45, 2.75) is 25.3 Å². The molecule has 1 amide bonds. The van der Waals surface area contributed by atoms with Crippen molar-refractivity contribution < 1.29 is 9.53 Å². The molecule has 1 aromatic carbocycles. The maximum Gasteiger partial charge on any atom is 0.409 e. The van der Waals surface area contributed by atoms with E-state index in [1.807, 2.05) is 25.1 Å². The van der Waals surface area contributed by atoms with E-state index in [2.05, 4.69) is 5.32 Å². The number of hydrogen-bond acceptors (Lipinski definition) is 3. The maximum absolute atomic E-state index is 11.8. The number of benzene rings is 1. The summed E-state index contributed by atoms with van der Waals surface area (Å²) in [5.41, 5.74) is 2.36. The third kappa shape index (κ3) is 2.25. The van der Waals surface area contributed by atoms with Gasteiger partial charge in [-0.3, -0.25) is 0 Å². The topological polar surface area (TPSA) is 41.6 Å². The van der Waals surface area contributed by atoms with Gasteiger partial charge in [-0.25, -0.2) is 4.79 Å². The molecule has 1 N–H and O–H groups in total. The molecule has 2 heterocycles. The Kier molecular flexibility index (Phi) is 3.27. The van der Waals surface area contributed by atoms with Crippen molar-refractivity contribution in [3.8, 4) is 0 Å². The molecule has 0 saturated carbocycles. The van der Waals surface area contributed by atoms with Crippen LogP contribution in [0.5, 0.6) is 0 Å². The number of fused-ring (bicyclic) bond motifs is 3. The van der Waals surface area contributed by atoms with E-state index in [0.717, 1.165) is 23.7 Å². The van der Waals surface area contributed by atoms with E-state index in [0.29, 0.717) is 25.1 Å². The molecule has 1 saturated heterocycles. The van der Waals surface area contributed by atoms with Crippen LogP contribution < -0.4 is 5.32 Å². The number of halogens is 1. The molecule has 0 bridgehead atoms. The van der Waals surface area contributed by atoms with Crippen molar-refractivity contribution in [2.75, 3.05) is 25.0 Å². The van der Waals surface area contributed by atoms with E-state index in [4.69, 9.17) is 16.3 Å². The van der Waals surface area contributed by atoms with Gasteiger partial charge in [0.1, 0.15) is 0 Å². The molecule has 1 aromatic rings. The first-order valence-electron chi connectivity index (χ1n) is 6.66. The number of piperidine rings is 1. The van der Waals surface area contributed by atoms with Crippen molar-refractivity contribution in [1.29, 1.82) is 0 Å². The van der Waals surface area contributed by atoms with Crippen molar-refractivity contribution in [3.63, 3.8) is 0 Å². The third-order valence-corrected chi connectivity index (χ3v) is 4.13. The first kappa shape index (κ1) is 12.6. The molecule has 2 aliphatic heterocycles. The molecule has 5 heteroatoms. The standard InChI is InChI=1S/C14H17ClN2O2/c1-2-19-14(18)17-6-5-13-11(8-17)10-7-9(15)3-4-12(10)16-13/h3-4,7,11,13,16H,2,5-6,8H2,1H3/t11-,13-/m1/s1. The first-order chi connectivity index (χ1) is 9.19. The molecule has 102 valence electrons. The van der Waals surface area contributed by atoms with Crippen LogP contribution in [-0.2, 0) is 4.74 Å². The van der Waals surface area contributed by atoms with Crippen LogP contribution in [0.1, 0.15) is 24.8 Å². The van der Waals surface area contributed by atoms with Crippen LogP contribution in [0.15, 0.2) is 18.2 Å². The molecule has 1 fully saturated rings. The highest BCUT2D eigenvalue weighted by Gasteiger charge is 2.38. The Hall–Kier alpha value is -1.42. The zero-order chi connectivity index (χ0) is 13.4. The number of anilines is 1. The van der Waals surface area contributed by atoms with Crippen LogP contribution in [0.2, 0.25) is 5.02 Å². The second-order valence-corrected chi connectivity index (χ2v) is 5.46. The quantitative estimate of drug-likeness (QED) is 0.859. The molecule has 3 rings (SSSR count). The van der Waals surface area contributed by atoms with Crippen molar-refractivity contribution in [3.05, 3.63) is 28.8 Å². The molecular weight excluding hydrogens is 264 g/mol. The highest BCUT2D eigenvalue weighted by molar-refractivity contribution is 6.30. The van der Waals surface area contributed by atoms with Gasteiger partial charge in [-0.15, -0.1) is 0 Å². The molecule has 0 aliphatic carbocycles. The van der Waals surface area contributed by atoms with Gasteiger partial charge in [-0.05, 0) is 37.1 Å². The fourth-order valence-electron chi connectivity index (χ4n) is 2.99. The van der Waals surface area contributed by atoms with Crippen LogP contribution in [0.4, 0.5) is 10.5 Å². The highest BCUT2D eigenvalue weighted by atomic mass is 35.5. The summed E-state index contributed by atoms with van der Waals surface area (Å²) >= 11 is 6.07. The van der Waals surface area contributed by atoms with Gasteiger partial charge >= 0.3 is 6.09 Å². The molecule has 0 aromatic heterocycles. The summed E-state index contributed by atoms with van der Waals surface area (Å²) in [5.74, 6) is 0.312. The number of amides is 1. The lowest BCUT2D eigenvalue weighted by atomic mass is 9.89. The van der Waals surface area contributed by atoms with E-state index in [9.17, 15) is 4.79 Å². The maximum atomic E-state index is 11.8. The number of hydrogen-bond donors (Lipinski definition) is 1. The first-order valence-corrected chi connectivity index (χ1v) is 7.04. The summed E-state index contributed by atoms with van der Waals surface area (Å²) in [6.07, 6.45) is 0.729. The zero-order valence-corrected chi connectivity index (χ0v) is 11.6. The van der Waals surface area contributed by atoms with Crippen LogP contribution in [0.3, 0.4) is 0 Å². The van der Waals surface area contributed by atoms with E-state index in [-0.39, 0.29) is 6.09 Å². The Morgan fingerprint density at radius 2 is 2.42 bits per heavy atom. The van der Waals surface area contributed by atoms with Crippen molar-refractivity contribution >= 4 is 23.4 Å². The highest BCUT2D eigenvalue weighted by Crippen LogP contribution is 2.41. The average Bonchev–Trinajstić information content (AvgIpc) is 2.76. The Morgan fingerprint density at radius 1 is 1.58 bits per heavy atom. The number of carbonyl (C=O) groups excluding carboxylic acids is 1. The number of nitrogens with zero attached hydrogens (tertiary/aromatic N) is 1. The van der Waals surface area contributed by atoms with Gasteiger partial charge in [0.05, 0.1) is 6.61 Å². The zero-order valence-electron chi connectivity index (χ0n) is 10.9. The van der Waals surface area contributed by atoms with Gasteiger partial charge in [-0.2, -0.15) is 0 Å². The monoisotopic (exact) mass is 280 g/mol. The van der Waals surface area contributed by atoms with Crippen LogP contribution in [0, 0.1) is 0 Å². The summed E-state index contributed by atoms with van der Waals surface area (Å²) in [4.78, 5) is 13.6. The fourth-order valence-corrected chi connectivity index (χ4v) is 3.17. The van der Waals surface area contributed by atoms with Gasteiger partial charge in [0.2, 0.25) is 0 Å². The summed E-state index contributed by atoms with van der Waals surface area (Å²) in [7, 11) is 0. The van der Waals surface area contributed by atoms with Crippen molar-refractivity contribution in [2.24, 2.45) is 0 Å². The summed E-state index contributed by atoms with van der Waals surface area (Å²) < 4.78 is 5.08. The second-order valence-electron chi connectivity index (χ2n) is 5.02. The molecule has 2 aliphatic rings. The van der Waals surface area contributed by atoms with E-state index in [1.165, 1.54) is 5.56 Å². The lowest BCUT2D eigenvalue weighted by Crippen LogP contribution is -2.45. The largest absolute Gasteiger partial charge is 0.450 e. The van der Waals surface area contributed by atoms with Gasteiger partial charge in [-0.1, -0.05) is 11.6 Å². The predicted octanol–water partition coefficient (Wildman–Crippen LogP) is 3.08. The van der Waals surface area contributed by atoms with E-state index >= 15 is 0 Å². The second kappa shape index (κ2) is 4.93. The lowest BCUT2D eigenvalue weighted by molar-refractivity contribution is 0.0949. The molecule has 0 spiro atoms. The number of carbonyl (C=O) groups is 1. The lowest BCUT2D eigenvalue weighted by Gasteiger charge is -2.34. The average molecular weight is 281 g/mol.